The van der Waals surface area contributed by atoms with Crippen LogP contribution >= 0.6 is 0 Å². The van der Waals surface area contributed by atoms with Gasteiger partial charge in [0.1, 0.15) is 11.6 Å². The summed E-state index contributed by atoms with van der Waals surface area (Å²) in [4.78, 5) is 15.2. The molecule has 1 aliphatic rings. The fourth-order valence-corrected chi connectivity index (χ4v) is 4.37. The molecule has 4 rings (SSSR count). The van der Waals surface area contributed by atoms with Gasteiger partial charge in [-0.05, 0) is 71.6 Å². The largest absolute Gasteiger partial charge is 0.497 e. The highest BCUT2D eigenvalue weighted by molar-refractivity contribution is 5.94. The van der Waals surface area contributed by atoms with Crippen molar-refractivity contribution in [1.29, 1.82) is 0 Å². The third-order valence-electron chi connectivity index (χ3n) is 6.22. The summed E-state index contributed by atoms with van der Waals surface area (Å²) in [5.41, 5.74) is 3.82. The first-order valence-electron chi connectivity index (χ1n) is 11.2. The van der Waals surface area contributed by atoms with Crippen molar-refractivity contribution in [3.8, 4) is 17.2 Å². The van der Waals surface area contributed by atoms with Crippen LogP contribution in [0.15, 0.2) is 60.7 Å². The molecular formula is C27H29FN2O4. The molecule has 1 aliphatic heterocycles. The molecule has 1 heterocycles. The Morgan fingerprint density at radius 3 is 2.29 bits per heavy atom. The lowest BCUT2D eigenvalue weighted by Gasteiger charge is -2.38. The first-order valence-corrected chi connectivity index (χ1v) is 11.2. The number of carbonyl (C=O) groups is 1. The standard InChI is InChI=1S/C27H29FN2O4/c1-32-22-10-6-19(7-11-22)27(31)29-16-24-23-15-26(34-3)25(33-2)14-20(23)12-13-30(24)17-18-4-8-21(28)9-5-18/h4-11,14-15,24H,12-13,16-17H2,1-3H3,(H,29,31)/t24-/m1/s1. The third kappa shape index (κ3) is 5.15. The summed E-state index contributed by atoms with van der Waals surface area (Å²) in [6, 6.07) is 17.5. The van der Waals surface area contributed by atoms with Crippen molar-refractivity contribution in [1.82, 2.24) is 10.2 Å². The molecule has 0 spiro atoms. The lowest BCUT2D eigenvalue weighted by Crippen LogP contribution is -2.41. The van der Waals surface area contributed by atoms with Crippen molar-refractivity contribution in [2.24, 2.45) is 0 Å². The molecule has 34 heavy (non-hydrogen) atoms. The van der Waals surface area contributed by atoms with Gasteiger partial charge in [-0.1, -0.05) is 12.1 Å². The second-order valence-electron chi connectivity index (χ2n) is 8.21. The van der Waals surface area contributed by atoms with E-state index in [-0.39, 0.29) is 17.8 Å². The van der Waals surface area contributed by atoms with Gasteiger partial charge in [0.05, 0.1) is 27.4 Å². The predicted octanol–water partition coefficient (Wildman–Crippen LogP) is 4.38. The van der Waals surface area contributed by atoms with Gasteiger partial charge in [0.25, 0.3) is 5.91 Å². The number of hydrogen-bond donors (Lipinski definition) is 1. The van der Waals surface area contributed by atoms with E-state index < -0.39 is 0 Å². The minimum Gasteiger partial charge on any atom is -0.497 e. The molecule has 0 fully saturated rings. The number of fused-ring (bicyclic) bond motifs is 1. The molecule has 0 aromatic heterocycles. The highest BCUT2D eigenvalue weighted by atomic mass is 19.1. The number of nitrogens with zero attached hydrogens (tertiary/aromatic N) is 1. The van der Waals surface area contributed by atoms with E-state index in [1.165, 1.54) is 12.1 Å². The van der Waals surface area contributed by atoms with Gasteiger partial charge < -0.3 is 19.5 Å². The Kier molecular flexibility index (Phi) is 7.33. The van der Waals surface area contributed by atoms with E-state index in [4.69, 9.17) is 14.2 Å². The molecule has 0 unspecified atom stereocenters. The Morgan fingerprint density at radius 2 is 1.65 bits per heavy atom. The van der Waals surface area contributed by atoms with Gasteiger partial charge in [-0.15, -0.1) is 0 Å². The maximum absolute atomic E-state index is 13.4. The van der Waals surface area contributed by atoms with Gasteiger partial charge in [-0.25, -0.2) is 4.39 Å². The van der Waals surface area contributed by atoms with Crippen LogP contribution in [-0.4, -0.2) is 45.2 Å². The number of hydrogen-bond acceptors (Lipinski definition) is 5. The quantitative estimate of drug-likeness (QED) is 0.536. The van der Waals surface area contributed by atoms with E-state index in [1.54, 1.807) is 57.7 Å². The molecule has 0 aliphatic carbocycles. The fraction of sp³-hybridized carbons (Fsp3) is 0.296. The Morgan fingerprint density at radius 1 is 0.971 bits per heavy atom. The molecule has 178 valence electrons. The van der Waals surface area contributed by atoms with E-state index >= 15 is 0 Å². The number of amides is 1. The number of rotatable bonds is 8. The minimum absolute atomic E-state index is 0.0872. The molecule has 0 saturated heterocycles. The molecule has 1 amide bonds. The average Bonchev–Trinajstić information content (AvgIpc) is 2.88. The first-order chi connectivity index (χ1) is 16.5. The Balaban J connectivity index is 1.60. The van der Waals surface area contributed by atoms with Crippen LogP contribution in [0.25, 0.3) is 0 Å². The molecular weight excluding hydrogens is 435 g/mol. The number of methoxy groups -OCH3 is 3. The van der Waals surface area contributed by atoms with Crippen LogP contribution in [0.2, 0.25) is 0 Å². The lowest BCUT2D eigenvalue weighted by atomic mass is 9.91. The van der Waals surface area contributed by atoms with Crippen LogP contribution in [0.1, 0.15) is 33.1 Å². The second kappa shape index (κ2) is 10.6. The van der Waals surface area contributed by atoms with Gasteiger partial charge in [-0.2, -0.15) is 0 Å². The molecule has 7 heteroatoms. The Hall–Kier alpha value is -3.58. The topological polar surface area (TPSA) is 60.0 Å². The van der Waals surface area contributed by atoms with Crippen LogP contribution in [0, 0.1) is 5.82 Å². The maximum atomic E-state index is 13.4. The molecule has 3 aromatic carbocycles. The summed E-state index contributed by atoms with van der Waals surface area (Å²) in [5, 5.41) is 3.08. The van der Waals surface area contributed by atoms with Gasteiger partial charge in [0, 0.05) is 25.2 Å². The van der Waals surface area contributed by atoms with Gasteiger partial charge in [-0.3, -0.25) is 9.69 Å². The minimum atomic E-state index is -0.257. The van der Waals surface area contributed by atoms with Crippen molar-refractivity contribution in [3.05, 3.63) is 88.7 Å². The molecule has 3 aromatic rings. The lowest BCUT2D eigenvalue weighted by molar-refractivity contribution is 0.0925. The number of benzene rings is 3. The van der Waals surface area contributed by atoms with Gasteiger partial charge in [0.2, 0.25) is 0 Å². The molecule has 1 atom stereocenters. The van der Waals surface area contributed by atoms with Crippen LogP contribution in [0.5, 0.6) is 17.2 Å². The normalized spacial score (nSPS) is 15.4. The van der Waals surface area contributed by atoms with Crippen molar-refractivity contribution in [3.63, 3.8) is 0 Å². The zero-order valence-electron chi connectivity index (χ0n) is 19.6. The fourth-order valence-electron chi connectivity index (χ4n) is 4.37. The zero-order chi connectivity index (χ0) is 24.1. The summed E-state index contributed by atoms with van der Waals surface area (Å²) in [7, 11) is 4.83. The first kappa shape index (κ1) is 23.6. The smallest absolute Gasteiger partial charge is 0.251 e. The molecule has 0 saturated carbocycles. The number of nitrogens with one attached hydrogen (secondary N) is 1. The molecule has 1 N–H and O–H groups in total. The van der Waals surface area contributed by atoms with Crippen LogP contribution in [-0.2, 0) is 13.0 Å². The van der Waals surface area contributed by atoms with Crippen molar-refractivity contribution < 1.29 is 23.4 Å². The van der Waals surface area contributed by atoms with E-state index in [0.29, 0.717) is 35.9 Å². The number of halogens is 1. The van der Waals surface area contributed by atoms with Gasteiger partial charge in [0.15, 0.2) is 11.5 Å². The van der Waals surface area contributed by atoms with E-state index in [1.807, 2.05) is 12.1 Å². The number of carbonyl (C=O) groups excluding carboxylic acids is 1. The summed E-state index contributed by atoms with van der Waals surface area (Å²) >= 11 is 0. The Bertz CT molecular complexity index is 1130. The van der Waals surface area contributed by atoms with Gasteiger partial charge >= 0.3 is 0 Å². The van der Waals surface area contributed by atoms with Crippen LogP contribution in [0.3, 0.4) is 0 Å². The summed E-state index contributed by atoms with van der Waals surface area (Å²) in [5.74, 6) is 1.62. The highest BCUT2D eigenvalue weighted by Crippen LogP contribution is 2.38. The maximum Gasteiger partial charge on any atom is 0.251 e. The number of ether oxygens (including phenoxy) is 3. The highest BCUT2D eigenvalue weighted by Gasteiger charge is 2.29. The second-order valence-corrected chi connectivity index (χ2v) is 8.21. The summed E-state index contributed by atoms with van der Waals surface area (Å²) in [6.45, 7) is 1.84. The summed E-state index contributed by atoms with van der Waals surface area (Å²) in [6.07, 6.45) is 0.833. The van der Waals surface area contributed by atoms with E-state index in [0.717, 1.165) is 29.7 Å². The van der Waals surface area contributed by atoms with E-state index in [2.05, 4.69) is 10.2 Å². The molecule has 0 radical (unpaired) electrons. The zero-order valence-corrected chi connectivity index (χ0v) is 19.6. The predicted molar refractivity (Wildman–Crippen MR) is 128 cm³/mol. The monoisotopic (exact) mass is 464 g/mol. The molecule has 6 nitrogen and oxygen atoms in total. The van der Waals surface area contributed by atoms with Crippen molar-refractivity contribution in [2.75, 3.05) is 34.4 Å². The van der Waals surface area contributed by atoms with Crippen LogP contribution < -0.4 is 19.5 Å². The van der Waals surface area contributed by atoms with E-state index in [9.17, 15) is 9.18 Å². The average molecular weight is 465 g/mol. The molecule has 0 bridgehead atoms. The van der Waals surface area contributed by atoms with Crippen molar-refractivity contribution in [2.45, 2.75) is 19.0 Å². The summed E-state index contributed by atoms with van der Waals surface area (Å²) < 4.78 is 29.6. The third-order valence-corrected chi connectivity index (χ3v) is 6.22. The SMILES string of the molecule is COc1ccc(C(=O)NC[C@@H]2c3cc(OC)c(OC)cc3CCN2Cc2ccc(F)cc2)cc1. The van der Waals surface area contributed by atoms with Crippen LogP contribution in [0.4, 0.5) is 4.39 Å². The van der Waals surface area contributed by atoms with Crippen molar-refractivity contribution >= 4 is 5.91 Å². The Labute approximate surface area is 199 Å².